The predicted molar refractivity (Wildman–Crippen MR) is 111 cm³/mol. The van der Waals surface area contributed by atoms with Crippen molar-refractivity contribution in [3.63, 3.8) is 0 Å². The van der Waals surface area contributed by atoms with Crippen molar-refractivity contribution in [2.75, 3.05) is 5.32 Å². The number of benzene rings is 2. The molecule has 0 radical (unpaired) electrons. The molecule has 0 spiro atoms. The van der Waals surface area contributed by atoms with Crippen molar-refractivity contribution in [1.82, 2.24) is 5.32 Å². The molecule has 1 aliphatic rings. The lowest BCUT2D eigenvalue weighted by molar-refractivity contribution is -0.122. The number of amidine groups is 1. The summed E-state index contributed by atoms with van der Waals surface area (Å²) in [4.78, 5) is 24.1. The second-order valence-corrected chi connectivity index (χ2v) is 7.56. The lowest BCUT2D eigenvalue weighted by Crippen LogP contribution is -2.28. The molecule has 1 saturated heterocycles. The van der Waals surface area contributed by atoms with Gasteiger partial charge in [0.05, 0.1) is 11.2 Å². The number of amides is 2. The molecule has 1 fully saturated rings. The van der Waals surface area contributed by atoms with Gasteiger partial charge < -0.3 is 10.6 Å². The Hall–Kier alpha value is -2.35. The standard InChI is InChI=1S/C18H14Cl2N4O2S/c19-12-7-6-11(14(20)8-12)10-21-24-18-23-17(26)15(27-18)9-16(25)22-13-4-2-1-3-5-13/h1-8,10,15H,9H2,(H,22,25)(H,23,24,26)/b21-10-. The first-order chi connectivity index (χ1) is 13.0. The number of anilines is 1. The zero-order valence-corrected chi connectivity index (χ0v) is 16.2. The molecule has 1 aliphatic heterocycles. The second kappa shape index (κ2) is 9.03. The first-order valence-corrected chi connectivity index (χ1v) is 9.53. The van der Waals surface area contributed by atoms with Gasteiger partial charge in [0.1, 0.15) is 5.25 Å². The van der Waals surface area contributed by atoms with Gasteiger partial charge in [0, 0.05) is 22.7 Å². The van der Waals surface area contributed by atoms with Crippen LogP contribution in [0.1, 0.15) is 12.0 Å². The van der Waals surface area contributed by atoms with Crippen LogP contribution in [0.5, 0.6) is 0 Å². The van der Waals surface area contributed by atoms with E-state index in [0.29, 0.717) is 26.5 Å². The molecule has 0 saturated carbocycles. The van der Waals surface area contributed by atoms with Gasteiger partial charge in [-0.05, 0) is 24.3 Å². The predicted octanol–water partition coefficient (Wildman–Crippen LogP) is 3.94. The molecule has 2 aromatic carbocycles. The van der Waals surface area contributed by atoms with Crippen LogP contribution in [0.3, 0.4) is 0 Å². The summed E-state index contributed by atoms with van der Waals surface area (Å²) in [5, 5.41) is 14.0. The van der Waals surface area contributed by atoms with Gasteiger partial charge in [-0.25, -0.2) is 0 Å². The van der Waals surface area contributed by atoms with Crippen LogP contribution in [0, 0.1) is 0 Å². The van der Waals surface area contributed by atoms with Crippen LogP contribution in [0.15, 0.2) is 58.7 Å². The van der Waals surface area contributed by atoms with Gasteiger partial charge in [-0.3, -0.25) is 9.59 Å². The van der Waals surface area contributed by atoms with Gasteiger partial charge in [0.25, 0.3) is 0 Å². The zero-order valence-electron chi connectivity index (χ0n) is 13.9. The average molecular weight is 421 g/mol. The molecule has 27 heavy (non-hydrogen) atoms. The summed E-state index contributed by atoms with van der Waals surface area (Å²) in [5.74, 6) is -0.520. The van der Waals surface area contributed by atoms with E-state index in [1.165, 1.54) is 6.21 Å². The molecule has 0 bridgehead atoms. The number of carbonyl (C=O) groups is 2. The van der Waals surface area contributed by atoms with Gasteiger partial charge in [-0.15, -0.1) is 5.10 Å². The quantitative estimate of drug-likeness (QED) is 0.567. The summed E-state index contributed by atoms with van der Waals surface area (Å²) >= 11 is 13.1. The molecule has 1 atom stereocenters. The Balaban J connectivity index is 1.57. The smallest absolute Gasteiger partial charge is 0.240 e. The van der Waals surface area contributed by atoms with Gasteiger partial charge >= 0.3 is 0 Å². The van der Waals surface area contributed by atoms with Crippen molar-refractivity contribution in [1.29, 1.82) is 0 Å². The minimum absolute atomic E-state index is 0.0388. The van der Waals surface area contributed by atoms with Crippen molar-refractivity contribution in [2.45, 2.75) is 11.7 Å². The monoisotopic (exact) mass is 420 g/mol. The highest BCUT2D eigenvalue weighted by Crippen LogP contribution is 2.23. The summed E-state index contributed by atoms with van der Waals surface area (Å²) in [6.45, 7) is 0. The van der Waals surface area contributed by atoms with Crippen LogP contribution in [0.4, 0.5) is 5.69 Å². The van der Waals surface area contributed by atoms with E-state index in [1.54, 1.807) is 30.3 Å². The Morgan fingerprint density at radius 1 is 1.22 bits per heavy atom. The summed E-state index contributed by atoms with van der Waals surface area (Å²) < 4.78 is 0. The third-order valence-electron chi connectivity index (χ3n) is 3.51. The van der Waals surface area contributed by atoms with Gasteiger partial charge in [-0.1, -0.05) is 59.2 Å². The third-order valence-corrected chi connectivity index (χ3v) is 5.15. The van der Waals surface area contributed by atoms with Crippen LogP contribution in [0.25, 0.3) is 0 Å². The highest BCUT2D eigenvalue weighted by molar-refractivity contribution is 8.15. The topological polar surface area (TPSA) is 82.9 Å². The molecule has 1 heterocycles. The summed E-state index contributed by atoms with van der Waals surface area (Å²) in [7, 11) is 0. The van der Waals surface area contributed by atoms with Crippen molar-refractivity contribution in [3.05, 3.63) is 64.1 Å². The van der Waals surface area contributed by atoms with Crippen molar-refractivity contribution < 1.29 is 9.59 Å². The first-order valence-electron chi connectivity index (χ1n) is 7.90. The lowest BCUT2D eigenvalue weighted by atomic mass is 10.2. The van der Waals surface area contributed by atoms with Crippen molar-refractivity contribution in [3.8, 4) is 0 Å². The van der Waals surface area contributed by atoms with Crippen LogP contribution in [-0.4, -0.2) is 28.4 Å². The fourth-order valence-corrected chi connectivity index (χ4v) is 3.62. The molecule has 138 valence electrons. The molecule has 2 amide bonds. The zero-order chi connectivity index (χ0) is 19.2. The Bertz CT molecular complexity index is 919. The number of para-hydroxylation sites is 1. The van der Waals surface area contributed by atoms with Crippen LogP contribution < -0.4 is 10.6 Å². The molecule has 0 aromatic heterocycles. The van der Waals surface area contributed by atoms with E-state index < -0.39 is 5.25 Å². The number of nitrogens with zero attached hydrogens (tertiary/aromatic N) is 2. The van der Waals surface area contributed by atoms with Crippen LogP contribution in [0.2, 0.25) is 10.0 Å². The van der Waals surface area contributed by atoms with E-state index in [2.05, 4.69) is 20.8 Å². The largest absolute Gasteiger partial charge is 0.326 e. The number of hydrogen-bond donors (Lipinski definition) is 2. The molecular weight excluding hydrogens is 407 g/mol. The summed E-state index contributed by atoms with van der Waals surface area (Å²) in [6.07, 6.45) is 1.50. The molecular formula is C18H14Cl2N4O2S. The molecule has 0 aliphatic carbocycles. The fourth-order valence-electron chi connectivity index (χ4n) is 2.24. The first kappa shape index (κ1) is 19.4. The van der Waals surface area contributed by atoms with Crippen molar-refractivity contribution >= 4 is 63.8 Å². The molecule has 9 heteroatoms. The molecule has 1 unspecified atom stereocenters. The number of thioether (sulfide) groups is 1. The van der Waals surface area contributed by atoms with Gasteiger partial charge in [0.2, 0.25) is 11.8 Å². The van der Waals surface area contributed by atoms with E-state index in [9.17, 15) is 9.59 Å². The molecule has 2 aromatic rings. The summed E-state index contributed by atoms with van der Waals surface area (Å²) in [6, 6.07) is 14.1. The molecule has 2 N–H and O–H groups in total. The van der Waals surface area contributed by atoms with Gasteiger partial charge in [0.15, 0.2) is 5.17 Å². The van der Waals surface area contributed by atoms with Crippen LogP contribution >= 0.6 is 35.0 Å². The van der Waals surface area contributed by atoms with E-state index in [-0.39, 0.29) is 18.2 Å². The number of nitrogens with one attached hydrogen (secondary N) is 2. The maximum Gasteiger partial charge on any atom is 0.240 e. The number of carbonyl (C=O) groups excluding carboxylic acids is 2. The average Bonchev–Trinajstić information content (AvgIpc) is 2.97. The molecule has 3 rings (SSSR count). The third kappa shape index (κ3) is 5.56. The maximum atomic E-state index is 12.1. The fraction of sp³-hybridized carbons (Fsp3) is 0.111. The van der Waals surface area contributed by atoms with E-state index in [4.69, 9.17) is 23.2 Å². The van der Waals surface area contributed by atoms with E-state index in [0.717, 1.165) is 11.8 Å². The Morgan fingerprint density at radius 2 is 2.00 bits per heavy atom. The number of halogens is 2. The maximum absolute atomic E-state index is 12.1. The Labute approximate surface area is 170 Å². The normalized spacial score (nSPS) is 18.1. The Morgan fingerprint density at radius 3 is 2.74 bits per heavy atom. The highest BCUT2D eigenvalue weighted by atomic mass is 35.5. The Kier molecular flexibility index (Phi) is 6.49. The number of rotatable bonds is 5. The molecule has 6 nitrogen and oxygen atoms in total. The SMILES string of the molecule is O=C(CC1S/C(=N/N=C\c2ccc(Cl)cc2Cl)NC1=O)Nc1ccccc1. The minimum Gasteiger partial charge on any atom is -0.326 e. The lowest BCUT2D eigenvalue weighted by Gasteiger charge is -2.06. The van der Waals surface area contributed by atoms with E-state index in [1.807, 2.05) is 18.2 Å². The van der Waals surface area contributed by atoms with Gasteiger partial charge in [-0.2, -0.15) is 5.10 Å². The van der Waals surface area contributed by atoms with Crippen molar-refractivity contribution in [2.24, 2.45) is 10.2 Å². The van der Waals surface area contributed by atoms with E-state index >= 15 is 0 Å². The highest BCUT2D eigenvalue weighted by Gasteiger charge is 2.32. The number of hydrogen-bond acceptors (Lipinski definition) is 5. The summed E-state index contributed by atoms with van der Waals surface area (Å²) in [5.41, 5.74) is 1.34. The second-order valence-electron chi connectivity index (χ2n) is 5.53. The minimum atomic E-state index is -0.554. The van der Waals surface area contributed by atoms with Crippen LogP contribution in [-0.2, 0) is 9.59 Å².